The summed E-state index contributed by atoms with van der Waals surface area (Å²) in [5.41, 5.74) is 3.01. The molecule has 3 N–H and O–H groups in total. The lowest BCUT2D eigenvalue weighted by molar-refractivity contribution is 0.387. The van der Waals surface area contributed by atoms with Gasteiger partial charge in [0.05, 0.1) is 5.71 Å². The van der Waals surface area contributed by atoms with Crippen molar-refractivity contribution in [3.05, 3.63) is 84.2 Å². The van der Waals surface area contributed by atoms with Crippen molar-refractivity contribution in [2.45, 2.75) is 12.5 Å². The molecule has 1 aliphatic heterocycles. The summed E-state index contributed by atoms with van der Waals surface area (Å²) in [6.45, 7) is 1.94. The molecule has 0 bridgehead atoms. The van der Waals surface area contributed by atoms with E-state index in [9.17, 15) is 0 Å². The second-order valence-electron chi connectivity index (χ2n) is 6.56. The van der Waals surface area contributed by atoms with E-state index in [0.717, 1.165) is 41.4 Å². The van der Waals surface area contributed by atoms with Crippen molar-refractivity contribution in [3.63, 3.8) is 0 Å². The summed E-state index contributed by atoms with van der Waals surface area (Å²) in [5, 5.41) is 15.4. The van der Waals surface area contributed by atoms with Crippen LogP contribution in [0.15, 0.2) is 73.1 Å². The molecule has 2 heterocycles. The highest BCUT2D eigenvalue weighted by molar-refractivity contribution is 6.13. The summed E-state index contributed by atoms with van der Waals surface area (Å²) in [5.74, 6) is 1.54. The number of rotatable bonds is 7. The topological polar surface area (TPSA) is 70.0 Å². The molecule has 0 saturated carbocycles. The summed E-state index contributed by atoms with van der Waals surface area (Å²) in [6, 6.07) is 19.7. The molecular formula is C22H22N4O. The van der Waals surface area contributed by atoms with Crippen molar-refractivity contribution in [1.29, 1.82) is 5.41 Å². The molecular weight excluding hydrogens is 336 g/mol. The van der Waals surface area contributed by atoms with Gasteiger partial charge in [-0.3, -0.25) is 10.4 Å². The van der Waals surface area contributed by atoms with Crippen LogP contribution in [0, 0.1) is 5.41 Å². The molecule has 5 nitrogen and oxygen atoms in total. The van der Waals surface area contributed by atoms with Gasteiger partial charge in [-0.05, 0) is 55.4 Å². The third-order valence-electron chi connectivity index (χ3n) is 4.68. The van der Waals surface area contributed by atoms with Crippen LogP contribution in [0.2, 0.25) is 0 Å². The highest BCUT2D eigenvalue weighted by Crippen LogP contribution is 2.23. The van der Waals surface area contributed by atoms with Gasteiger partial charge in [0.2, 0.25) is 0 Å². The van der Waals surface area contributed by atoms with E-state index in [-0.39, 0.29) is 0 Å². The normalized spacial score (nSPS) is 15.6. The molecule has 5 heteroatoms. The zero-order valence-electron chi connectivity index (χ0n) is 15.0. The summed E-state index contributed by atoms with van der Waals surface area (Å²) < 4.78 is 5.82. The number of hydrogen-bond acceptors (Lipinski definition) is 5. The first-order valence-corrected chi connectivity index (χ1v) is 9.13. The third-order valence-corrected chi connectivity index (χ3v) is 4.68. The Morgan fingerprint density at radius 2 is 1.81 bits per heavy atom. The first-order chi connectivity index (χ1) is 13.3. The summed E-state index contributed by atoms with van der Waals surface area (Å²) in [6.07, 6.45) is 4.69. The number of nitrogens with one attached hydrogen (secondary N) is 3. The van der Waals surface area contributed by atoms with Gasteiger partial charge in [0, 0.05) is 41.8 Å². The van der Waals surface area contributed by atoms with E-state index >= 15 is 0 Å². The predicted molar refractivity (Wildman–Crippen MR) is 108 cm³/mol. The van der Waals surface area contributed by atoms with Crippen LogP contribution in [-0.4, -0.2) is 29.8 Å². The maximum atomic E-state index is 8.61. The lowest BCUT2D eigenvalue weighted by Crippen LogP contribution is -2.47. The van der Waals surface area contributed by atoms with E-state index in [2.05, 4.69) is 15.6 Å². The fourth-order valence-electron chi connectivity index (χ4n) is 2.97. The highest BCUT2D eigenvalue weighted by atomic mass is 16.5. The van der Waals surface area contributed by atoms with Gasteiger partial charge < -0.3 is 15.4 Å². The third kappa shape index (κ3) is 4.15. The molecule has 0 spiro atoms. The molecule has 0 aliphatic carbocycles. The molecule has 2 aromatic carbocycles. The lowest BCUT2D eigenvalue weighted by Gasteiger charge is -2.28. The van der Waals surface area contributed by atoms with Crippen LogP contribution < -0.4 is 15.4 Å². The van der Waals surface area contributed by atoms with Crippen LogP contribution in [0.3, 0.4) is 0 Å². The van der Waals surface area contributed by atoms with E-state index in [4.69, 9.17) is 10.1 Å². The maximum Gasteiger partial charge on any atom is 0.127 e. The fourth-order valence-corrected chi connectivity index (χ4v) is 2.97. The van der Waals surface area contributed by atoms with Gasteiger partial charge in [-0.25, -0.2) is 0 Å². The van der Waals surface area contributed by atoms with Gasteiger partial charge >= 0.3 is 0 Å². The van der Waals surface area contributed by atoms with Gasteiger partial charge in [0.1, 0.15) is 11.5 Å². The predicted octanol–water partition coefficient (Wildman–Crippen LogP) is 4.06. The Hall–Kier alpha value is -3.18. The van der Waals surface area contributed by atoms with E-state index in [0.29, 0.717) is 11.8 Å². The van der Waals surface area contributed by atoms with Crippen LogP contribution in [0.1, 0.15) is 17.5 Å². The number of ether oxygens (including phenoxy) is 1. The summed E-state index contributed by atoms with van der Waals surface area (Å²) in [4.78, 5) is 4.21. The minimum atomic E-state index is 0.443. The Kier molecular flexibility index (Phi) is 5.12. The van der Waals surface area contributed by atoms with Crippen LogP contribution >= 0.6 is 0 Å². The lowest BCUT2D eigenvalue weighted by atomic mass is 10.0. The Balaban J connectivity index is 1.47. The SMILES string of the molecule is N=C(c1ccc(Oc2ccccc2)cc1)c1cnccc1NCC1CCN1. The minimum Gasteiger partial charge on any atom is -0.457 e. The van der Waals surface area contributed by atoms with Crippen LogP contribution in [0.4, 0.5) is 5.69 Å². The quantitative estimate of drug-likeness (QED) is 0.557. The minimum absolute atomic E-state index is 0.443. The van der Waals surface area contributed by atoms with Gasteiger partial charge in [0.25, 0.3) is 0 Å². The first-order valence-electron chi connectivity index (χ1n) is 9.13. The Labute approximate surface area is 158 Å². The first kappa shape index (κ1) is 17.2. The largest absolute Gasteiger partial charge is 0.457 e. The number of nitrogens with zero attached hydrogens (tertiary/aromatic N) is 1. The molecule has 0 radical (unpaired) electrons. The molecule has 1 unspecified atom stereocenters. The standard InChI is InChI=1S/C22H22N4O/c23-22(20-15-24-12-11-21(20)26-14-17-10-13-25-17)16-6-8-19(9-7-16)27-18-4-2-1-3-5-18/h1-9,11-12,15,17,23,25H,10,13-14H2,(H,24,26). The zero-order chi connectivity index (χ0) is 18.5. The van der Waals surface area contributed by atoms with Crippen molar-refractivity contribution in [3.8, 4) is 11.5 Å². The number of anilines is 1. The smallest absolute Gasteiger partial charge is 0.127 e. The molecule has 1 aromatic heterocycles. The molecule has 0 amide bonds. The van der Waals surface area contributed by atoms with Crippen molar-refractivity contribution >= 4 is 11.4 Å². The van der Waals surface area contributed by atoms with Crippen molar-refractivity contribution in [2.75, 3.05) is 18.4 Å². The van der Waals surface area contributed by atoms with E-state index in [1.807, 2.05) is 60.7 Å². The van der Waals surface area contributed by atoms with Gasteiger partial charge in [-0.1, -0.05) is 18.2 Å². The summed E-state index contributed by atoms with van der Waals surface area (Å²) in [7, 11) is 0. The van der Waals surface area contributed by atoms with Crippen molar-refractivity contribution in [1.82, 2.24) is 10.3 Å². The van der Waals surface area contributed by atoms with Crippen LogP contribution in [0.25, 0.3) is 0 Å². The Bertz CT molecular complexity index is 905. The van der Waals surface area contributed by atoms with Crippen LogP contribution in [0.5, 0.6) is 11.5 Å². The second-order valence-corrected chi connectivity index (χ2v) is 6.56. The number of para-hydroxylation sites is 1. The van der Waals surface area contributed by atoms with Crippen molar-refractivity contribution < 1.29 is 4.74 Å². The summed E-state index contributed by atoms with van der Waals surface area (Å²) >= 11 is 0. The molecule has 1 fully saturated rings. The van der Waals surface area contributed by atoms with Crippen LogP contribution in [-0.2, 0) is 0 Å². The number of benzene rings is 2. The molecule has 4 rings (SSSR count). The van der Waals surface area contributed by atoms with Gasteiger partial charge in [0.15, 0.2) is 0 Å². The monoisotopic (exact) mass is 358 g/mol. The zero-order valence-corrected chi connectivity index (χ0v) is 15.0. The number of aromatic nitrogens is 1. The molecule has 1 saturated heterocycles. The average molecular weight is 358 g/mol. The Morgan fingerprint density at radius 3 is 2.52 bits per heavy atom. The maximum absolute atomic E-state index is 8.61. The van der Waals surface area contributed by atoms with E-state index in [1.54, 1.807) is 12.4 Å². The second kappa shape index (κ2) is 8.01. The average Bonchev–Trinajstić information content (AvgIpc) is 2.68. The molecule has 1 aliphatic rings. The van der Waals surface area contributed by atoms with Gasteiger partial charge in [-0.2, -0.15) is 0 Å². The van der Waals surface area contributed by atoms with Gasteiger partial charge in [-0.15, -0.1) is 0 Å². The fraction of sp³-hybridized carbons (Fsp3) is 0.182. The van der Waals surface area contributed by atoms with E-state index in [1.165, 1.54) is 6.42 Å². The molecule has 136 valence electrons. The van der Waals surface area contributed by atoms with Crippen molar-refractivity contribution in [2.24, 2.45) is 0 Å². The molecule has 3 aromatic rings. The number of hydrogen-bond donors (Lipinski definition) is 3. The highest BCUT2D eigenvalue weighted by Gasteiger charge is 2.17. The Morgan fingerprint density at radius 1 is 1.07 bits per heavy atom. The van der Waals surface area contributed by atoms with E-state index < -0.39 is 0 Å². The molecule has 27 heavy (non-hydrogen) atoms. The number of pyridine rings is 1. The molecule has 1 atom stereocenters.